The molecule has 0 amide bonds. The maximum absolute atomic E-state index is 5.67. The lowest BCUT2D eigenvalue weighted by atomic mass is 9.92. The van der Waals surface area contributed by atoms with Gasteiger partial charge in [0.2, 0.25) is 0 Å². The SMILES string of the molecule is CC(C)(C)c1cc2c(NCCCCl)nccn2n1. The fraction of sp³-hybridized carbons (Fsp3) is 0.538. The largest absolute Gasteiger partial charge is 0.368 e. The molecule has 2 heterocycles. The van der Waals surface area contributed by atoms with Crippen LogP contribution in [-0.2, 0) is 5.41 Å². The zero-order chi connectivity index (χ0) is 13.2. The molecule has 0 aliphatic carbocycles. The van der Waals surface area contributed by atoms with E-state index in [0.717, 1.165) is 30.0 Å². The van der Waals surface area contributed by atoms with Gasteiger partial charge in [-0.2, -0.15) is 5.10 Å². The highest BCUT2D eigenvalue weighted by molar-refractivity contribution is 6.17. The summed E-state index contributed by atoms with van der Waals surface area (Å²) in [6.45, 7) is 7.29. The molecule has 0 unspecified atom stereocenters. The normalized spacial score (nSPS) is 12.0. The van der Waals surface area contributed by atoms with Gasteiger partial charge in [0.1, 0.15) is 5.52 Å². The summed E-state index contributed by atoms with van der Waals surface area (Å²) in [6, 6.07) is 2.09. The Labute approximate surface area is 112 Å². The summed E-state index contributed by atoms with van der Waals surface area (Å²) in [5.74, 6) is 1.52. The predicted octanol–water partition coefficient (Wildman–Crippen LogP) is 3.07. The second-order valence-corrected chi connectivity index (χ2v) is 5.73. The van der Waals surface area contributed by atoms with Crippen LogP contribution in [0.15, 0.2) is 18.5 Å². The van der Waals surface area contributed by atoms with Crippen molar-refractivity contribution >= 4 is 22.9 Å². The van der Waals surface area contributed by atoms with E-state index < -0.39 is 0 Å². The average molecular weight is 267 g/mol. The number of halogens is 1. The maximum Gasteiger partial charge on any atom is 0.152 e. The second kappa shape index (κ2) is 5.14. The first-order chi connectivity index (χ1) is 8.52. The molecule has 18 heavy (non-hydrogen) atoms. The van der Waals surface area contributed by atoms with E-state index in [9.17, 15) is 0 Å². The summed E-state index contributed by atoms with van der Waals surface area (Å²) in [7, 11) is 0. The van der Waals surface area contributed by atoms with E-state index in [0.29, 0.717) is 5.88 Å². The lowest BCUT2D eigenvalue weighted by molar-refractivity contribution is 0.562. The van der Waals surface area contributed by atoms with Crippen LogP contribution in [0, 0.1) is 0 Å². The first-order valence-corrected chi connectivity index (χ1v) is 6.70. The second-order valence-electron chi connectivity index (χ2n) is 5.35. The number of rotatable bonds is 4. The van der Waals surface area contributed by atoms with Gasteiger partial charge in [0, 0.05) is 30.2 Å². The Balaban J connectivity index is 2.33. The quantitative estimate of drug-likeness (QED) is 0.683. The van der Waals surface area contributed by atoms with Gasteiger partial charge in [0.15, 0.2) is 5.82 Å². The Morgan fingerprint density at radius 2 is 2.17 bits per heavy atom. The molecule has 2 aromatic heterocycles. The molecule has 98 valence electrons. The molecular weight excluding hydrogens is 248 g/mol. The molecule has 0 saturated carbocycles. The van der Waals surface area contributed by atoms with Crippen molar-refractivity contribution in [1.29, 1.82) is 0 Å². The van der Waals surface area contributed by atoms with Gasteiger partial charge in [-0.05, 0) is 12.5 Å². The average Bonchev–Trinajstić information content (AvgIpc) is 2.73. The minimum Gasteiger partial charge on any atom is -0.368 e. The predicted molar refractivity (Wildman–Crippen MR) is 75.5 cm³/mol. The zero-order valence-corrected chi connectivity index (χ0v) is 11.8. The van der Waals surface area contributed by atoms with Crippen molar-refractivity contribution in [2.75, 3.05) is 17.7 Å². The third kappa shape index (κ3) is 2.75. The summed E-state index contributed by atoms with van der Waals surface area (Å²) < 4.78 is 1.87. The molecule has 0 aliphatic rings. The van der Waals surface area contributed by atoms with Gasteiger partial charge in [0.25, 0.3) is 0 Å². The zero-order valence-electron chi connectivity index (χ0n) is 11.1. The monoisotopic (exact) mass is 266 g/mol. The molecular formula is C13H19ClN4. The molecule has 0 spiro atoms. The maximum atomic E-state index is 5.67. The Hall–Kier alpha value is -1.29. The number of nitrogens with one attached hydrogen (secondary N) is 1. The summed E-state index contributed by atoms with van der Waals surface area (Å²) in [4.78, 5) is 4.36. The van der Waals surface area contributed by atoms with Crippen LogP contribution < -0.4 is 5.32 Å². The number of nitrogens with zero attached hydrogens (tertiary/aromatic N) is 3. The molecule has 0 aliphatic heterocycles. The van der Waals surface area contributed by atoms with Crippen LogP contribution in [-0.4, -0.2) is 27.0 Å². The van der Waals surface area contributed by atoms with E-state index in [1.807, 2.05) is 10.7 Å². The van der Waals surface area contributed by atoms with Gasteiger partial charge >= 0.3 is 0 Å². The van der Waals surface area contributed by atoms with E-state index in [4.69, 9.17) is 11.6 Å². The van der Waals surface area contributed by atoms with Crippen molar-refractivity contribution in [3.8, 4) is 0 Å². The van der Waals surface area contributed by atoms with Gasteiger partial charge < -0.3 is 5.32 Å². The molecule has 0 atom stereocenters. The van der Waals surface area contributed by atoms with Crippen LogP contribution in [0.25, 0.3) is 5.52 Å². The molecule has 1 N–H and O–H groups in total. The molecule has 0 radical (unpaired) electrons. The molecule has 5 heteroatoms. The number of hydrogen-bond donors (Lipinski definition) is 1. The van der Waals surface area contributed by atoms with E-state index >= 15 is 0 Å². The van der Waals surface area contributed by atoms with E-state index in [2.05, 4.69) is 42.2 Å². The van der Waals surface area contributed by atoms with Crippen LogP contribution in [0.1, 0.15) is 32.9 Å². The first-order valence-electron chi connectivity index (χ1n) is 6.17. The number of alkyl halides is 1. The van der Waals surface area contributed by atoms with Gasteiger partial charge in [-0.15, -0.1) is 11.6 Å². The number of hydrogen-bond acceptors (Lipinski definition) is 3. The Bertz CT molecular complexity index is 527. The van der Waals surface area contributed by atoms with Crippen molar-refractivity contribution in [2.24, 2.45) is 0 Å². The number of aromatic nitrogens is 3. The third-order valence-electron chi connectivity index (χ3n) is 2.76. The van der Waals surface area contributed by atoms with Crippen LogP contribution >= 0.6 is 11.6 Å². The topological polar surface area (TPSA) is 42.2 Å². The van der Waals surface area contributed by atoms with Crippen LogP contribution in [0.4, 0.5) is 5.82 Å². The third-order valence-corrected chi connectivity index (χ3v) is 3.03. The molecule has 0 aromatic carbocycles. The standard InChI is InChI=1S/C13H19ClN4/c1-13(2,3)11-9-10-12(15-6-4-5-14)16-7-8-18(10)17-11/h7-9H,4-6H2,1-3H3,(H,15,16). The fourth-order valence-corrected chi connectivity index (χ4v) is 1.83. The first kappa shape index (κ1) is 13.1. The molecule has 2 rings (SSSR count). The summed E-state index contributed by atoms with van der Waals surface area (Å²) in [5.41, 5.74) is 2.12. The van der Waals surface area contributed by atoms with Gasteiger partial charge in [0.05, 0.1) is 5.69 Å². The summed E-state index contributed by atoms with van der Waals surface area (Å²) >= 11 is 5.67. The smallest absolute Gasteiger partial charge is 0.152 e. The van der Waals surface area contributed by atoms with Crippen LogP contribution in [0.5, 0.6) is 0 Å². The minimum atomic E-state index is 0.0411. The van der Waals surface area contributed by atoms with Gasteiger partial charge in [-0.3, -0.25) is 0 Å². The van der Waals surface area contributed by atoms with Crippen molar-refractivity contribution in [3.05, 3.63) is 24.2 Å². The van der Waals surface area contributed by atoms with Crippen molar-refractivity contribution < 1.29 is 0 Å². The van der Waals surface area contributed by atoms with Crippen molar-refractivity contribution in [2.45, 2.75) is 32.6 Å². The highest BCUT2D eigenvalue weighted by Crippen LogP contribution is 2.24. The molecule has 4 nitrogen and oxygen atoms in total. The van der Waals surface area contributed by atoms with Crippen LogP contribution in [0.2, 0.25) is 0 Å². The lowest BCUT2D eigenvalue weighted by Gasteiger charge is -2.13. The fourth-order valence-electron chi connectivity index (χ4n) is 1.70. The minimum absolute atomic E-state index is 0.0411. The van der Waals surface area contributed by atoms with E-state index in [1.165, 1.54) is 0 Å². The molecule has 0 saturated heterocycles. The van der Waals surface area contributed by atoms with Crippen LogP contribution in [0.3, 0.4) is 0 Å². The Kier molecular flexibility index (Phi) is 3.76. The summed E-state index contributed by atoms with van der Waals surface area (Å²) in [6.07, 6.45) is 4.55. The van der Waals surface area contributed by atoms with Gasteiger partial charge in [-0.25, -0.2) is 9.50 Å². The van der Waals surface area contributed by atoms with E-state index in [-0.39, 0.29) is 5.41 Å². The Morgan fingerprint density at radius 3 is 2.83 bits per heavy atom. The number of fused-ring (bicyclic) bond motifs is 1. The Morgan fingerprint density at radius 1 is 1.39 bits per heavy atom. The molecule has 0 bridgehead atoms. The van der Waals surface area contributed by atoms with E-state index in [1.54, 1.807) is 6.20 Å². The van der Waals surface area contributed by atoms with Crippen molar-refractivity contribution in [3.63, 3.8) is 0 Å². The molecule has 2 aromatic rings. The highest BCUT2D eigenvalue weighted by Gasteiger charge is 2.18. The number of anilines is 1. The van der Waals surface area contributed by atoms with Crippen molar-refractivity contribution in [1.82, 2.24) is 14.6 Å². The highest BCUT2D eigenvalue weighted by atomic mass is 35.5. The van der Waals surface area contributed by atoms with Gasteiger partial charge in [-0.1, -0.05) is 20.8 Å². The molecule has 0 fully saturated rings. The summed E-state index contributed by atoms with van der Waals surface area (Å²) in [5, 5.41) is 7.88. The lowest BCUT2D eigenvalue weighted by Crippen LogP contribution is -2.11.